The summed E-state index contributed by atoms with van der Waals surface area (Å²) < 4.78 is 5.71. The molecular weight excluding hydrogens is 172 g/mol. The molecule has 0 N–H and O–H groups in total. The van der Waals surface area contributed by atoms with Gasteiger partial charge in [0.15, 0.2) is 0 Å². The molecule has 0 aromatic heterocycles. The molecule has 0 heterocycles. The summed E-state index contributed by atoms with van der Waals surface area (Å²) in [6.07, 6.45) is 1.05. The maximum Gasteiger partial charge on any atom is 0.123 e. The number of rotatable bonds is 3. The van der Waals surface area contributed by atoms with Gasteiger partial charge in [0.2, 0.25) is 0 Å². The lowest BCUT2D eigenvalue weighted by atomic mass is 9.86. The summed E-state index contributed by atoms with van der Waals surface area (Å²) in [5.41, 5.74) is 1.44. The van der Waals surface area contributed by atoms with E-state index >= 15 is 0 Å². The molecule has 1 aromatic rings. The number of hydrogen-bond donors (Lipinski definition) is 0. The molecule has 0 aliphatic carbocycles. The third-order valence-corrected chi connectivity index (χ3v) is 2.16. The van der Waals surface area contributed by atoms with Gasteiger partial charge in [-0.3, -0.25) is 0 Å². The lowest BCUT2D eigenvalue weighted by Gasteiger charge is -2.22. The molecule has 78 valence electrons. The van der Waals surface area contributed by atoms with Gasteiger partial charge in [0, 0.05) is 0 Å². The van der Waals surface area contributed by atoms with Crippen LogP contribution in [-0.4, -0.2) is 6.61 Å². The standard InChI is InChI=1S/C13H20O/c1-5-10-14-12-9-7-6-8-11(12)13(2,3)4/h6-9H,5,10H2,1-4H3. The van der Waals surface area contributed by atoms with Gasteiger partial charge < -0.3 is 4.74 Å². The van der Waals surface area contributed by atoms with Gasteiger partial charge in [-0.2, -0.15) is 0 Å². The number of para-hydroxylation sites is 1. The van der Waals surface area contributed by atoms with Crippen molar-refractivity contribution >= 4 is 0 Å². The topological polar surface area (TPSA) is 9.23 Å². The molecule has 0 amide bonds. The first kappa shape index (κ1) is 11.1. The van der Waals surface area contributed by atoms with E-state index in [9.17, 15) is 0 Å². The molecule has 0 radical (unpaired) electrons. The van der Waals surface area contributed by atoms with E-state index in [-0.39, 0.29) is 5.41 Å². The maximum atomic E-state index is 5.71. The summed E-state index contributed by atoms with van der Waals surface area (Å²) in [5, 5.41) is 0. The molecule has 0 spiro atoms. The van der Waals surface area contributed by atoms with Crippen LogP contribution in [0.3, 0.4) is 0 Å². The normalized spacial score (nSPS) is 11.4. The van der Waals surface area contributed by atoms with Gasteiger partial charge in [-0.1, -0.05) is 45.9 Å². The first-order valence-electron chi connectivity index (χ1n) is 5.28. The van der Waals surface area contributed by atoms with Gasteiger partial charge in [-0.15, -0.1) is 0 Å². The molecule has 0 atom stereocenters. The van der Waals surface area contributed by atoms with E-state index in [0.717, 1.165) is 18.8 Å². The molecule has 0 aliphatic rings. The van der Waals surface area contributed by atoms with Crippen LogP contribution >= 0.6 is 0 Å². The molecule has 1 heteroatoms. The summed E-state index contributed by atoms with van der Waals surface area (Å²) in [6.45, 7) is 9.55. The predicted octanol–water partition coefficient (Wildman–Crippen LogP) is 3.77. The Balaban J connectivity index is 2.92. The summed E-state index contributed by atoms with van der Waals surface area (Å²) in [5.74, 6) is 1.03. The van der Waals surface area contributed by atoms with Gasteiger partial charge in [-0.25, -0.2) is 0 Å². The fourth-order valence-corrected chi connectivity index (χ4v) is 1.42. The van der Waals surface area contributed by atoms with Crippen LogP contribution in [0.25, 0.3) is 0 Å². The fourth-order valence-electron chi connectivity index (χ4n) is 1.42. The molecule has 0 bridgehead atoms. The Morgan fingerprint density at radius 3 is 2.36 bits per heavy atom. The van der Waals surface area contributed by atoms with E-state index in [1.165, 1.54) is 5.56 Å². The minimum absolute atomic E-state index is 0.157. The van der Waals surface area contributed by atoms with Crippen LogP contribution in [0.2, 0.25) is 0 Å². The Bertz CT molecular complexity index is 284. The second-order valence-corrected chi connectivity index (χ2v) is 4.59. The van der Waals surface area contributed by atoms with E-state index in [1.807, 2.05) is 6.07 Å². The van der Waals surface area contributed by atoms with E-state index in [2.05, 4.69) is 45.9 Å². The smallest absolute Gasteiger partial charge is 0.123 e. The van der Waals surface area contributed by atoms with Crippen molar-refractivity contribution in [2.45, 2.75) is 39.5 Å². The SMILES string of the molecule is CCCOc1ccccc1C(C)(C)C. The minimum Gasteiger partial charge on any atom is -0.493 e. The zero-order chi connectivity index (χ0) is 10.6. The highest BCUT2D eigenvalue weighted by atomic mass is 16.5. The van der Waals surface area contributed by atoms with Crippen LogP contribution in [0.15, 0.2) is 24.3 Å². The number of benzene rings is 1. The van der Waals surface area contributed by atoms with Gasteiger partial charge in [-0.05, 0) is 23.5 Å². The second kappa shape index (κ2) is 4.50. The van der Waals surface area contributed by atoms with Gasteiger partial charge in [0.1, 0.15) is 5.75 Å². The third kappa shape index (κ3) is 2.76. The third-order valence-electron chi connectivity index (χ3n) is 2.16. The van der Waals surface area contributed by atoms with Crippen molar-refractivity contribution < 1.29 is 4.74 Å². The second-order valence-electron chi connectivity index (χ2n) is 4.59. The molecule has 0 unspecified atom stereocenters. The van der Waals surface area contributed by atoms with Crippen molar-refractivity contribution in [2.75, 3.05) is 6.61 Å². The Hall–Kier alpha value is -0.980. The van der Waals surface area contributed by atoms with Crippen LogP contribution < -0.4 is 4.74 Å². The van der Waals surface area contributed by atoms with E-state index in [0.29, 0.717) is 0 Å². The average Bonchev–Trinajstić information content (AvgIpc) is 2.14. The minimum atomic E-state index is 0.157. The Morgan fingerprint density at radius 2 is 1.79 bits per heavy atom. The van der Waals surface area contributed by atoms with Crippen LogP contribution in [0.5, 0.6) is 5.75 Å². The summed E-state index contributed by atoms with van der Waals surface area (Å²) in [4.78, 5) is 0. The number of ether oxygens (including phenoxy) is 1. The Kier molecular flexibility index (Phi) is 3.56. The first-order chi connectivity index (χ1) is 6.55. The molecule has 14 heavy (non-hydrogen) atoms. The lowest BCUT2D eigenvalue weighted by Crippen LogP contribution is -2.13. The van der Waals surface area contributed by atoms with Crippen LogP contribution in [0.4, 0.5) is 0 Å². The highest BCUT2D eigenvalue weighted by molar-refractivity contribution is 5.38. The molecule has 1 nitrogen and oxygen atoms in total. The molecule has 0 saturated heterocycles. The largest absolute Gasteiger partial charge is 0.493 e. The fraction of sp³-hybridized carbons (Fsp3) is 0.538. The van der Waals surface area contributed by atoms with Crippen LogP contribution in [0, 0.1) is 0 Å². The van der Waals surface area contributed by atoms with Crippen molar-refractivity contribution in [3.8, 4) is 5.75 Å². The predicted molar refractivity (Wildman–Crippen MR) is 60.9 cm³/mol. The van der Waals surface area contributed by atoms with Gasteiger partial charge >= 0.3 is 0 Å². The van der Waals surface area contributed by atoms with Crippen molar-refractivity contribution in [3.63, 3.8) is 0 Å². The van der Waals surface area contributed by atoms with Crippen LogP contribution in [-0.2, 0) is 5.41 Å². The van der Waals surface area contributed by atoms with Crippen molar-refractivity contribution in [1.82, 2.24) is 0 Å². The maximum absolute atomic E-state index is 5.71. The first-order valence-corrected chi connectivity index (χ1v) is 5.28. The summed E-state index contributed by atoms with van der Waals surface area (Å²) in [6, 6.07) is 8.29. The summed E-state index contributed by atoms with van der Waals surface area (Å²) in [7, 11) is 0. The van der Waals surface area contributed by atoms with Crippen molar-refractivity contribution in [2.24, 2.45) is 0 Å². The molecular formula is C13H20O. The van der Waals surface area contributed by atoms with Crippen LogP contribution in [0.1, 0.15) is 39.7 Å². The molecule has 0 saturated carbocycles. The highest BCUT2D eigenvalue weighted by Crippen LogP contribution is 2.30. The van der Waals surface area contributed by atoms with Crippen molar-refractivity contribution in [3.05, 3.63) is 29.8 Å². The Morgan fingerprint density at radius 1 is 1.14 bits per heavy atom. The average molecular weight is 192 g/mol. The zero-order valence-electron chi connectivity index (χ0n) is 9.63. The van der Waals surface area contributed by atoms with Crippen molar-refractivity contribution in [1.29, 1.82) is 0 Å². The van der Waals surface area contributed by atoms with Gasteiger partial charge in [0.25, 0.3) is 0 Å². The zero-order valence-corrected chi connectivity index (χ0v) is 9.63. The van der Waals surface area contributed by atoms with Gasteiger partial charge in [0.05, 0.1) is 6.61 Å². The molecule has 0 aliphatic heterocycles. The lowest BCUT2D eigenvalue weighted by molar-refractivity contribution is 0.308. The molecule has 1 rings (SSSR count). The monoisotopic (exact) mass is 192 g/mol. The van der Waals surface area contributed by atoms with E-state index < -0.39 is 0 Å². The number of hydrogen-bond acceptors (Lipinski definition) is 1. The van der Waals surface area contributed by atoms with E-state index in [4.69, 9.17) is 4.74 Å². The highest BCUT2D eigenvalue weighted by Gasteiger charge is 2.17. The summed E-state index contributed by atoms with van der Waals surface area (Å²) >= 11 is 0. The quantitative estimate of drug-likeness (QED) is 0.708. The molecule has 0 fully saturated rings. The Labute approximate surface area is 87.1 Å². The molecule has 1 aromatic carbocycles. The van der Waals surface area contributed by atoms with E-state index in [1.54, 1.807) is 0 Å².